The number of esters is 1. The topological polar surface area (TPSA) is 57.1 Å². The quantitative estimate of drug-likeness (QED) is 0.218. The molecule has 2 aromatic carbocycles. The third kappa shape index (κ3) is 5.01. The van der Waals surface area contributed by atoms with Gasteiger partial charge in [-0.2, -0.15) is 12.6 Å². The van der Waals surface area contributed by atoms with Crippen LogP contribution in [-0.4, -0.2) is 33.0 Å². The van der Waals surface area contributed by atoms with E-state index >= 15 is 0 Å². The Morgan fingerprint density at radius 1 is 1.10 bits per heavy atom. The molecule has 1 atom stereocenters. The van der Waals surface area contributed by atoms with Crippen molar-refractivity contribution in [2.75, 3.05) is 21.3 Å². The number of rotatable bonds is 8. The summed E-state index contributed by atoms with van der Waals surface area (Å²) in [4.78, 5) is 17.2. The molecule has 0 aliphatic heterocycles. The van der Waals surface area contributed by atoms with Crippen molar-refractivity contribution in [2.24, 2.45) is 10.9 Å². The van der Waals surface area contributed by atoms with Crippen LogP contribution in [0.3, 0.4) is 0 Å². The van der Waals surface area contributed by atoms with Crippen molar-refractivity contribution in [3.05, 3.63) is 65.9 Å². The Morgan fingerprint density at radius 2 is 1.79 bits per heavy atom. The highest BCUT2D eigenvalue weighted by molar-refractivity contribution is 7.81. The molecule has 1 aliphatic rings. The molecule has 0 N–H and O–H groups in total. The summed E-state index contributed by atoms with van der Waals surface area (Å²) in [5, 5.41) is -0.259. The average molecular weight is 412 g/mol. The van der Waals surface area contributed by atoms with Crippen molar-refractivity contribution in [1.82, 2.24) is 0 Å². The Bertz CT molecular complexity index is 917. The molecule has 0 aromatic heterocycles. The zero-order valence-electron chi connectivity index (χ0n) is 16.8. The number of benzene rings is 2. The van der Waals surface area contributed by atoms with E-state index in [1.165, 1.54) is 20.5 Å². The van der Waals surface area contributed by atoms with E-state index in [4.69, 9.17) is 31.8 Å². The molecule has 3 rings (SSSR count). The van der Waals surface area contributed by atoms with Gasteiger partial charge in [0.05, 0.1) is 38.5 Å². The maximum atomic E-state index is 12.3. The summed E-state index contributed by atoms with van der Waals surface area (Å²) in [5.41, 5.74) is 3.81. The third-order valence-electron chi connectivity index (χ3n) is 4.79. The molecule has 1 saturated carbocycles. The highest BCUT2D eigenvalue weighted by Gasteiger charge is 2.33. The second kappa shape index (κ2) is 9.65. The van der Waals surface area contributed by atoms with Gasteiger partial charge in [-0.3, -0.25) is 4.99 Å². The van der Waals surface area contributed by atoms with E-state index < -0.39 is 5.97 Å². The SMILES string of the molecule is CO/C=C(/C(=O)OC)c1ccccc1C(S)/C(=N\c1ccc(OC)cc1)C1CC1. The zero-order chi connectivity index (χ0) is 20.8. The Morgan fingerprint density at radius 3 is 2.38 bits per heavy atom. The molecule has 0 amide bonds. The predicted octanol–water partition coefficient (Wildman–Crippen LogP) is 5.01. The summed E-state index contributed by atoms with van der Waals surface area (Å²) in [6.07, 6.45) is 3.58. The molecule has 0 bridgehead atoms. The lowest BCUT2D eigenvalue weighted by molar-refractivity contribution is -0.133. The van der Waals surface area contributed by atoms with Crippen molar-refractivity contribution in [3.8, 4) is 5.75 Å². The fourth-order valence-electron chi connectivity index (χ4n) is 3.15. The predicted molar refractivity (Wildman–Crippen MR) is 118 cm³/mol. The van der Waals surface area contributed by atoms with Gasteiger partial charge in [0.15, 0.2) is 0 Å². The van der Waals surface area contributed by atoms with Crippen LogP contribution in [0.15, 0.2) is 59.8 Å². The molecule has 1 unspecified atom stereocenters. The number of thiol groups is 1. The minimum absolute atomic E-state index is 0.259. The lowest BCUT2D eigenvalue weighted by atomic mass is 9.94. The van der Waals surface area contributed by atoms with E-state index in [2.05, 4.69) is 0 Å². The van der Waals surface area contributed by atoms with Crippen LogP contribution in [0.25, 0.3) is 5.57 Å². The normalized spacial score (nSPS) is 15.6. The van der Waals surface area contributed by atoms with Crippen LogP contribution in [0, 0.1) is 5.92 Å². The van der Waals surface area contributed by atoms with Gasteiger partial charge in [0, 0.05) is 5.71 Å². The Kier molecular flexibility index (Phi) is 6.99. The number of methoxy groups -OCH3 is 3. The standard InChI is InChI=1S/C23H25NO4S/c1-26-14-20(23(25)28-3)18-6-4-5-7-19(18)22(29)21(15-8-9-15)24-16-10-12-17(27-2)13-11-16/h4-7,10-15,22,29H,8-9H2,1-3H3/b20-14+,24-21-. The summed E-state index contributed by atoms with van der Waals surface area (Å²) < 4.78 is 15.3. The number of nitrogens with zero attached hydrogens (tertiary/aromatic N) is 1. The first kappa shape index (κ1) is 21.0. The van der Waals surface area contributed by atoms with Crippen LogP contribution in [0.1, 0.15) is 29.2 Å². The van der Waals surface area contributed by atoms with Gasteiger partial charge < -0.3 is 14.2 Å². The molecular formula is C23H25NO4S. The van der Waals surface area contributed by atoms with Crippen molar-refractivity contribution >= 4 is 35.6 Å². The van der Waals surface area contributed by atoms with Crippen LogP contribution in [0.4, 0.5) is 5.69 Å². The van der Waals surface area contributed by atoms with Crippen LogP contribution >= 0.6 is 12.6 Å². The first-order valence-electron chi connectivity index (χ1n) is 9.40. The van der Waals surface area contributed by atoms with Gasteiger partial charge in [-0.1, -0.05) is 24.3 Å². The van der Waals surface area contributed by atoms with Gasteiger partial charge >= 0.3 is 5.97 Å². The Labute approximate surface area is 176 Å². The molecule has 1 aliphatic carbocycles. The van der Waals surface area contributed by atoms with Gasteiger partial charge in [0.1, 0.15) is 11.3 Å². The molecule has 29 heavy (non-hydrogen) atoms. The Balaban J connectivity index is 2.01. The fraction of sp³-hybridized carbons (Fsp3) is 0.304. The smallest absolute Gasteiger partial charge is 0.341 e. The molecule has 0 spiro atoms. The molecule has 152 valence electrons. The average Bonchev–Trinajstić information content (AvgIpc) is 3.60. The van der Waals surface area contributed by atoms with E-state index in [1.54, 1.807) is 7.11 Å². The van der Waals surface area contributed by atoms with E-state index in [0.29, 0.717) is 11.5 Å². The molecule has 0 saturated heterocycles. The number of hydrogen-bond donors (Lipinski definition) is 1. The molecular weight excluding hydrogens is 386 g/mol. The lowest BCUT2D eigenvalue weighted by Crippen LogP contribution is -2.14. The van der Waals surface area contributed by atoms with Crippen LogP contribution in [0.5, 0.6) is 5.75 Å². The van der Waals surface area contributed by atoms with Crippen molar-refractivity contribution in [3.63, 3.8) is 0 Å². The maximum absolute atomic E-state index is 12.3. The molecule has 5 nitrogen and oxygen atoms in total. The molecule has 2 aromatic rings. The molecule has 1 fully saturated rings. The largest absolute Gasteiger partial charge is 0.503 e. The summed E-state index contributed by atoms with van der Waals surface area (Å²) in [6.45, 7) is 0. The van der Waals surface area contributed by atoms with Crippen LogP contribution in [-0.2, 0) is 14.3 Å². The number of carbonyl (C=O) groups excluding carboxylic acids is 1. The van der Waals surface area contributed by atoms with E-state index in [9.17, 15) is 4.79 Å². The second-order valence-electron chi connectivity index (χ2n) is 6.76. The first-order chi connectivity index (χ1) is 14.1. The van der Waals surface area contributed by atoms with Gasteiger partial charge in [0.2, 0.25) is 0 Å². The van der Waals surface area contributed by atoms with E-state index in [-0.39, 0.29) is 5.25 Å². The number of aliphatic imine (C=N–C) groups is 1. The lowest BCUT2D eigenvalue weighted by Gasteiger charge is -2.19. The molecule has 0 heterocycles. The summed E-state index contributed by atoms with van der Waals surface area (Å²) in [7, 11) is 4.50. The van der Waals surface area contributed by atoms with Gasteiger partial charge in [-0.25, -0.2) is 4.79 Å². The highest BCUT2D eigenvalue weighted by atomic mass is 32.1. The van der Waals surface area contributed by atoms with Gasteiger partial charge in [-0.05, 0) is 54.2 Å². The summed E-state index contributed by atoms with van der Waals surface area (Å²) in [6, 6.07) is 15.3. The van der Waals surface area contributed by atoms with Crippen LogP contribution < -0.4 is 4.74 Å². The van der Waals surface area contributed by atoms with Gasteiger partial charge in [-0.15, -0.1) is 0 Å². The zero-order valence-corrected chi connectivity index (χ0v) is 17.7. The first-order valence-corrected chi connectivity index (χ1v) is 9.91. The number of hydrogen-bond acceptors (Lipinski definition) is 6. The minimum Gasteiger partial charge on any atom is -0.503 e. The summed E-state index contributed by atoms with van der Waals surface area (Å²) >= 11 is 4.92. The van der Waals surface area contributed by atoms with E-state index in [0.717, 1.165) is 41.1 Å². The minimum atomic E-state index is -0.458. The monoisotopic (exact) mass is 411 g/mol. The van der Waals surface area contributed by atoms with Crippen molar-refractivity contribution < 1.29 is 19.0 Å². The maximum Gasteiger partial charge on any atom is 0.341 e. The van der Waals surface area contributed by atoms with Crippen molar-refractivity contribution in [2.45, 2.75) is 18.1 Å². The highest BCUT2D eigenvalue weighted by Crippen LogP contribution is 2.41. The third-order valence-corrected chi connectivity index (χ3v) is 5.34. The van der Waals surface area contributed by atoms with Crippen molar-refractivity contribution in [1.29, 1.82) is 0 Å². The van der Waals surface area contributed by atoms with E-state index in [1.807, 2.05) is 48.5 Å². The second-order valence-corrected chi connectivity index (χ2v) is 7.27. The number of ether oxygens (including phenoxy) is 3. The Hall–Kier alpha value is -2.73. The van der Waals surface area contributed by atoms with Crippen LogP contribution in [0.2, 0.25) is 0 Å². The molecule has 0 radical (unpaired) electrons. The molecule has 6 heteroatoms. The summed E-state index contributed by atoms with van der Waals surface area (Å²) in [5.74, 6) is 0.720. The van der Waals surface area contributed by atoms with Gasteiger partial charge in [0.25, 0.3) is 0 Å². The fourth-order valence-corrected chi connectivity index (χ4v) is 3.64. The number of carbonyl (C=O) groups is 1.